The Hall–Kier alpha value is -3.18. The lowest BCUT2D eigenvalue weighted by Crippen LogP contribution is -2.13. The maximum absolute atomic E-state index is 13.1. The minimum Gasteiger partial charge on any atom is -0.485 e. The van der Waals surface area contributed by atoms with E-state index in [2.05, 4.69) is 5.32 Å². The second-order valence-electron chi connectivity index (χ2n) is 5.69. The van der Waals surface area contributed by atoms with Crippen LogP contribution in [0.3, 0.4) is 0 Å². The monoisotopic (exact) mass is 383 g/mol. The lowest BCUT2D eigenvalue weighted by molar-refractivity contribution is 0.0921. The summed E-state index contributed by atoms with van der Waals surface area (Å²) >= 11 is 5.67. The number of anilines is 1. The average molecular weight is 384 g/mol. The van der Waals surface area contributed by atoms with E-state index in [4.69, 9.17) is 16.3 Å². The summed E-state index contributed by atoms with van der Waals surface area (Å²) in [5, 5.41) is 2.69. The van der Waals surface area contributed by atoms with E-state index >= 15 is 0 Å². The van der Waals surface area contributed by atoms with Crippen molar-refractivity contribution in [2.75, 3.05) is 11.9 Å². The van der Waals surface area contributed by atoms with E-state index < -0.39 is 5.82 Å². The third-order valence-electron chi connectivity index (χ3n) is 3.76. The zero-order valence-electron chi connectivity index (χ0n) is 14.1. The highest BCUT2D eigenvalue weighted by molar-refractivity contribution is 6.30. The van der Waals surface area contributed by atoms with Crippen LogP contribution in [0.2, 0.25) is 5.02 Å². The quantitative estimate of drug-likeness (QED) is 0.610. The Balaban J connectivity index is 1.58. The Morgan fingerprint density at radius 2 is 1.63 bits per heavy atom. The molecular weight excluding hydrogens is 369 g/mol. The largest absolute Gasteiger partial charge is 0.485 e. The third kappa shape index (κ3) is 4.92. The van der Waals surface area contributed by atoms with Crippen LogP contribution in [0.25, 0.3) is 0 Å². The van der Waals surface area contributed by atoms with Gasteiger partial charge >= 0.3 is 0 Å². The molecule has 0 saturated heterocycles. The summed E-state index contributed by atoms with van der Waals surface area (Å²) in [5.74, 6) is -0.729. The smallest absolute Gasteiger partial charge is 0.255 e. The van der Waals surface area contributed by atoms with Crippen molar-refractivity contribution in [3.05, 3.63) is 94.8 Å². The van der Waals surface area contributed by atoms with Crippen molar-refractivity contribution in [1.29, 1.82) is 0 Å². The fourth-order valence-corrected chi connectivity index (χ4v) is 2.50. The number of hydrogen-bond acceptors (Lipinski definition) is 3. The summed E-state index contributed by atoms with van der Waals surface area (Å²) in [6, 6.07) is 19.2. The lowest BCUT2D eigenvalue weighted by atomic mass is 10.1. The molecule has 4 nitrogen and oxygen atoms in total. The highest BCUT2D eigenvalue weighted by Crippen LogP contribution is 2.21. The molecule has 3 aromatic rings. The van der Waals surface area contributed by atoms with E-state index in [0.29, 0.717) is 22.6 Å². The Bertz CT molecular complexity index is 959. The summed E-state index contributed by atoms with van der Waals surface area (Å²) in [7, 11) is 0. The van der Waals surface area contributed by atoms with Gasteiger partial charge in [0.25, 0.3) is 5.91 Å². The van der Waals surface area contributed by atoms with Crippen molar-refractivity contribution in [1.82, 2.24) is 0 Å². The minimum atomic E-state index is -0.552. The minimum absolute atomic E-state index is 0.0709. The number of carbonyl (C=O) groups is 2. The van der Waals surface area contributed by atoms with Crippen LogP contribution in [0.4, 0.5) is 10.1 Å². The SMILES string of the molecule is O=C(COc1ccc(F)c(Cl)c1)c1ccc(NC(=O)c2ccccc2)cc1. The molecule has 3 rings (SSSR count). The molecule has 0 fully saturated rings. The Labute approximate surface area is 160 Å². The molecule has 0 unspecified atom stereocenters. The number of ketones is 1. The molecule has 0 atom stereocenters. The van der Waals surface area contributed by atoms with Crippen LogP contribution in [0, 0.1) is 5.82 Å². The van der Waals surface area contributed by atoms with Crippen molar-refractivity contribution >= 4 is 29.0 Å². The van der Waals surface area contributed by atoms with Gasteiger partial charge in [0, 0.05) is 22.9 Å². The number of Topliss-reactive ketones (excluding diaryl/α,β-unsaturated/α-hetero) is 1. The summed E-state index contributed by atoms with van der Waals surface area (Å²) in [6.45, 7) is -0.211. The molecule has 0 heterocycles. The number of nitrogens with one attached hydrogen (secondary N) is 1. The van der Waals surface area contributed by atoms with Gasteiger partial charge in [0.1, 0.15) is 11.6 Å². The maximum Gasteiger partial charge on any atom is 0.255 e. The maximum atomic E-state index is 13.1. The van der Waals surface area contributed by atoms with Gasteiger partial charge in [0.15, 0.2) is 12.4 Å². The van der Waals surface area contributed by atoms with Crippen LogP contribution in [-0.2, 0) is 0 Å². The molecule has 27 heavy (non-hydrogen) atoms. The fourth-order valence-electron chi connectivity index (χ4n) is 2.33. The van der Waals surface area contributed by atoms with Crippen LogP contribution >= 0.6 is 11.6 Å². The van der Waals surface area contributed by atoms with E-state index in [9.17, 15) is 14.0 Å². The van der Waals surface area contributed by atoms with Crippen LogP contribution in [0.1, 0.15) is 20.7 Å². The van der Waals surface area contributed by atoms with Crippen LogP contribution in [0.5, 0.6) is 5.75 Å². The molecule has 0 aliphatic heterocycles. The van der Waals surface area contributed by atoms with Gasteiger partial charge in [-0.1, -0.05) is 29.8 Å². The van der Waals surface area contributed by atoms with Crippen molar-refractivity contribution in [2.45, 2.75) is 0 Å². The summed E-state index contributed by atoms with van der Waals surface area (Å²) in [4.78, 5) is 24.3. The topological polar surface area (TPSA) is 55.4 Å². The van der Waals surface area contributed by atoms with Crippen LogP contribution < -0.4 is 10.1 Å². The number of ether oxygens (including phenoxy) is 1. The van der Waals surface area contributed by atoms with Gasteiger partial charge in [0.2, 0.25) is 0 Å². The van der Waals surface area contributed by atoms with Gasteiger partial charge in [-0.2, -0.15) is 0 Å². The number of amides is 1. The van der Waals surface area contributed by atoms with Crippen molar-refractivity contribution in [2.24, 2.45) is 0 Å². The summed E-state index contributed by atoms with van der Waals surface area (Å²) in [5.41, 5.74) is 1.55. The Kier molecular flexibility index (Phi) is 5.84. The molecular formula is C21H15ClFNO3. The van der Waals surface area contributed by atoms with Gasteiger partial charge in [0.05, 0.1) is 5.02 Å². The molecule has 0 radical (unpaired) electrons. The fraction of sp³-hybridized carbons (Fsp3) is 0.0476. The van der Waals surface area contributed by atoms with E-state index in [1.165, 1.54) is 18.2 Å². The summed E-state index contributed by atoms with van der Waals surface area (Å²) in [6.07, 6.45) is 0. The second-order valence-corrected chi connectivity index (χ2v) is 6.09. The van der Waals surface area contributed by atoms with Gasteiger partial charge in [-0.15, -0.1) is 0 Å². The predicted molar refractivity (Wildman–Crippen MR) is 102 cm³/mol. The average Bonchev–Trinajstić information content (AvgIpc) is 2.70. The third-order valence-corrected chi connectivity index (χ3v) is 4.05. The standard InChI is InChI=1S/C21H15ClFNO3/c22-18-12-17(10-11-19(18)23)27-13-20(25)14-6-8-16(9-7-14)24-21(26)15-4-2-1-3-5-15/h1-12H,13H2,(H,24,26). The molecule has 0 saturated carbocycles. The number of rotatable bonds is 6. The first-order valence-electron chi connectivity index (χ1n) is 8.10. The summed E-state index contributed by atoms with van der Waals surface area (Å²) < 4.78 is 18.5. The van der Waals surface area contributed by atoms with Gasteiger partial charge in [-0.3, -0.25) is 9.59 Å². The molecule has 0 aromatic heterocycles. The molecule has 1 amide bonds. The lowest BCUT2D eigenvalue weighted by Gasteiger charge is -2.08. The van der Waals surface area contributed by atoms with Gasteiger partial charge < -0.3 is 10.1 Å². The normalized spacial score (nSPS) is 10.3. The number of hydrogen-bond donors (Lipinski definition) is 1. The zero-order chi connectivity index (χ0) is 19.2. The first-order valence-corrected chi connectivity index (χ1v) is 8.48. The number of carbonyl (C=O) groups excluding carboxylic acids is 2. The Morgan fingerprint density at radius 1 is 0.926 bits per heavy atom. The molecule has 3 aromatic carbocycles. The molecule has 0 aliphatic carbocycles. The predicted octanol–water partition coefficient (Wildman–Crippen LogP) is 4.99. The second kappa shape index (κ2) is 8.47. The molecule has 1 N–H and O–H groups in total. The van der Waals surface area contributed by atoms with Gasteiger partial charge in [-0.25, -0.2) is 4.39 Å². The highest BCUT2D eigenvalue weighted by atomic mass is 35.5. The van der Waals surface area contributed by atoms with Crippen LogP contribution in [0.15, 0.2) is 72.8 Å². The number of halogens is 2. The molecule has 6 heteroatoms. The molecule has 136 valence electrons. The molecule has 0 bridgehead atoms. The van der Waals surface area contributed by atoms with Crippen molar-refractivity contribution < 1.29 is 18.7 Å². The number of benzene rings is 3. The van der Waals surface area contributed by atoms with Crippen molar-refractivity contribution in [3.8, 4) is 5.75 Å². The zero-order valence-corrected chi connectivity index (χ0v) is 14.9. The first-order chi connectivity index (χ1) is 13.0. The van der Waals surface area contributed by atoms with E-state index in [-0.39, 0.29) is 23.3 Å². The first kappa shape index (κ1) is 18.6. The Morgan fingerprint density at radius 3 is 2.30 bits per heavy atom. The van der Waals surface area contributed by atoms with E-state index in [1.54, 1.807) is 48.5 Å². The van der Waals surface area contributed by atoms with Crippen molar-refractivity contribution in [3.63, 3.8) is 0 Å². The van der Waals surface area contributed by atoms with E-state index in [0.717, 1.165) is 0 Å². The van der Waals surface area contributed by atoms with Crippen LogP contribution in [-0.4, -0.2) is 18.3 Å². The highest BCUT2D eigenvalue weighted by Gasteiger charge is 2.10. The van der Waals surface area contributed by atoms with Gasteiger partial charge in [-0.05, 0) is 48.5 Å². The molecule has 0 aliphatic rings. The molecule has 0 spiro atoms. The van der Waals surface area contributed by atoms with E-state index in [1.807, 2.05) is 6.07 Å².